The molecule has 0 atom stereocenters. The third-order valence-corrected chi connectivity index (χ3v) is 3.82. The number of benzene rings is 2. The molecule has 0 aliphatic rings. The summed E-state index contributed by atoms with van der Waals surface area (Å²) in [7, 11) is 0. The Labute approximate surface area is 161 Å². The molecule has 0 aliphatic heterocycles. The fourth-order valence-corrected chi connectivity index (χ4v) is 2.46. The average molecular weight is 379 g/mol. The first kappa shape index (κ1) is 19.1. The molecule has 0 aliphatic carbocycles. The summed E-state index contributed by atoms with van der Waals surface area (Å²) in [6, 6.07) is 15.8. The number of esters is 1. The van der Waals surface area contributed by atoms with Gasteiger partial charge >= 0.3 is 5.97 Å². The van der Waals surface area contributed by atoms with Gasteiger partial charge in [0.25, 0.3) is 0 Å². The molecular weight excluding hydrogens is 361 g/mol. The van der Waals surface area contributed by atoms with Crippen molar-refractivity contribution in [2.24, 2.45) is 0 Å². The fourth-order valence-electron chi connectivity index (χ4n) is 2.46. The molecule has 0 spiro atoms. The minimum atomic E-state index is -0.407. The first-order valence-electron chi connectivity index (χ1n) is 8.67. The Balaban J connectivity index is 1.59. The first-order valence-corrected chi connectivity index (χ1v) is 8.67. The molecular formula is C22H18FNO4. The molecule has 5 nitrogen and oxygen atoms in total. The number of ether oxygens (including phenoxy) is 1. The van der Waals surface area contributed by atoms with Crippen LogP contribution in [0.25, 0.3) is 17.4 Å². The number of furan rings is 1. The van der Waals surface area contributed by atoms with Gasteiger partial charge in [-0.2, -0.15) is 0 Å². The number of nitrogens with one attached hydrogen (secondary N) is 1. The first-order chi connectivity index (χ1) is 13.5. The van der Waals surface area contributed by atoms with E-state index in [1.54, 1.807) is 55.5 Å². The van der Waals surface area contributed by atoms with Crippen LogP contribution in [0.15, 0.2) is 71.2 Å². The van der Waals surface area contributed by atoms with Crippen LogP contribution in [0.1, 0.15) is 23.0 Å². The molecule has 1 aromatic heterocycles. The van der Waals surface area contributed by atoms with Crippen LogP contribution in [0.4, 0.5) is 10.1 Å². The second-order valence-corrected chi connectivity index (χ2v) is 5.83. The zero-order valence-corrected chi connectivity index (χ0v) is 15.1. The predicted octanol–water partition coefficient (Wildman–Crippen LogP) is 4.91. The predicted molar refractivity (Wildman–Crippen MR) is 104 cm³/mol. The second-order valence-electron chi connectivity index (χ2n) is 5.83. The maximum atomic E-state index is 13.0. The van der Waals surface area contributed by atoms with Gasteiger partial charge in [-0.3, -0.25) is 4.79 Å². The van der Waals surface area contributed by atoms with Crippen LogP contribution in [0, 0.1) is 5.82 Å². The highest BCUT2D eigenvalue weighted by Gasteiger charge is 2.07. The number of anilines is 1. The molecule has 0 radical (unpaired) electrons. The van der Waals surface area contributed by atoms with Crippen molar-refractivity contribution in [2.75, 3.05) is 11.9 Å². The summed E-state index contributed by atoms with van der Waals surface area (Å²) in [5.41, 5.74) is 1.71. The summed E-state index contributed by atoms with van der Waals surface area (Å²) in [6.07, 6.45) is 2.88. The molecule has 0 saturated heterocycles. The molecule has 1 N–H and O–H groups in total. The van der Waals surface area contributed by atoms with E-state index in [9.17, 15) is 14.0 Å². The fraction of sp³-hybridized carbons (Fsp3) is 0.0909. The Morgan fingerprint density at radius 1 is 1.04 bits per heavy atom. The van der Waals surface area contributed by atoms with Gasteiger partial charge in [-0.1, -0.05) is 0 Å². The molecule has 0 saturated carbocycles. The Bertz CT molecular complexity index is 988. The molecule has 2 aromatic carbocycles. The highest BCUT2D eigenvalue weighted by atomic mass is 19.1. The molecule has 142 valence electrons. The lowest BCUT2D eigenvalue weighted by Crippen LogP contribution is -2.08. The van der Waals surface area contributed by atoms with Crippen LogP contribution in [-0.2, 0) is 9.53 Å². The number of hydrogen-bond acceptors (Lipinski definition) is 4. The van der Waals surface area contributed by atoms with Crippen molar-refractivity contribution in [2.45, 2.75) is 6.92 Å². The van der Waals surface area contributed by atoms with Crippen molar-refractivity contribution in [1.82, 2.24) is 0 Å². The summed E-state index contributed by atoms with van der Waals surface area (Å²) in [5, 5.41) is 2.69. The van der Waals surface area contributed by atoms with Gasteiger partial charge in [0.2, 0.25) is 5.91 Å². The minimum absolute atomic E-state index is 0.303. The van der Waals surface area contributed by atoms with E-state index in [2.05, 4.69) is 5.32 Å². The van der Waals surface area contributed by atoms with Gasteiger partial charge in [0.15, 0.2) is 0 Å². The van der Waals surface area contributed by atoms with E-state index in [0.29, 0.717) is 29.4 Å². The standard InChI is InChI=1S/C22H18FNO4/c1-2-27-22(26)16-5-9-18(10-6-16)24-21(25)14-12-19-11-13-20(28-19)15-3-7-17(23)8-4-15/h3-14H,2H2,1H3,(H,24,25)/b14-12+. The Kier molecular flexibility index (Phi) is 6.01. The molecule has 0 fully saturated rings. The van der Waals surface area contributed by atoms with Gasteiger partial charge < -0.3 is 14.5 Å². The minimum Gasteiger partial charge on any atom is -0.462 e. The van der Waals surface area contributed by atoms with E-state index in [0.717, 1.165) is 5.56 Å². The van der Waals surface area contributed by atoms with E-state index < -0.39 is 5.97 Å². The monoisotopic (exact) mass is 379 g/mol. The van der Waals surface area contributed by atoms with Crippen LogP contribution in [0.2, 0.25) is 0 Å². The smallest absolute Gasteiger partial charge is 0.338 e. The van der Waals surface area contributed by atoms with E-state index >= 15 is 0 Å². The molecule has 1 heterocycles. The summed E-state index contributed by atoms with van der Waals surface area (Å²) in [5.74, 6) is 0.00259. The molecule has 3 aromatic rings. The van der Waals surface area contributed by atoms with Gasteiger partial charge in [-0.25, -0.2) is 9.18 Å². The maximum Gasteiger partial charge on any atom is 0.338 e. The summed E-state index contributed by atoms with van der Waals surface area (Å²) in [6.45, 7) is 2.04. The van der Waals surface area contributed by atoms with Gasteiger partial charge in [-0.15, -0.1) is 0 Å². The number of amides is 1. The molecule has 1 amide bonds. The molecule has 3 rings (SSSR count). The van der Waals surface area contributed by atoms with Gasteiger partial charge in [0.1, 0.15) is 17.3 Å². The van der Waals surface area contributed by atoms with E-state index in [-0.39, 0.29) is 11.7 Å². The molecule has 6 heteroatoms. The second kappa shape index (κ2) is 8.81. The lowest BCUT2D eigenvalue weighted by Gasteiger charge is -2.04. The number of carbonyl (C=O) groups is 2. The average Bonchev–Trinajstić information content (AvgIpc) is 3.17. The normalized spacial score (nSPS) is 10.8. The Hall–Kier alpha value is -3.67. The van der Waals surface area contributed by atoms with Crippen molar-refractivity contribution in [1.29, 1.82) is 0 Å². The van der Waals surface area contributed by atoms with E-state index in [4.69, 9.17) is 9.15 Å². The molecule has 0 bridgehead atoms. The summed E-state index contributed by atoms with van der Waals surface area (Å²) < 4.78 is 23.5. The summed E-state index contributed by atoms with van der Waals surface area (Å²) >= 11 is 0. The van der Waals surface area contributed by atoms with Crippen molar-refractivity contribution in [3.63, 3.8) is 0 Å². The van der Waals surface area contributed by atoms with Crippen molar-refractivity contribution < 1.29 is 23.1 Å². The third kappa shape index (κ3) is 4.94. The lowest BCUT2D eigenvalue weighted by molar-refractivity contribution is -0.111. The maximum absolute atomic E-state index is 13.0. The third-order valence-electron chi connectivity index (χ3n) is 3.82. The van der Waals surface area contributed by atoms with Crippen LogP contribution in [0.5, 0.6) is 0 Å². The van der Waals surface area contributed by atoms with Crippen LogP contribution >= 0.6 is 0 Å². The Morgan fingerprint density at radius 3 is 2.43 bits per heavy atom. The highest BCUT2D eigenvalue weighted by molar-refractivity contribution is 6.02. The van der Waals surface area contributed by atoms with E-state index in [1.807, 2.05) is 0 Å². The van der Waals surface area contributed by atoms with Crippen LogP contribution < -0.4 is 5.32 Å². The largest absolute Gasteiger partial charge is 0.462 e. The SMILES string of the molecule is CCOC(=O)c1ccc(NC(=O)/C=C/c2ccc(-c3ccc(F)cc3)o2)cc1. The van der Waals surface area contributed by atoms with Crippen molar-refractivity contribution in [3.05, 3.63) is 83.9 Å². The topological polar surface area (TPSA) is 68.5 Å². The van der Waals surface area contributed by atoms with Crippen molar-refractivity contribution >= 4 is 23.6 Å². The zero-order chi connectivity index (χ0) is 19.9. The van der Waals surface area contributed by atoms with Gasteiger partial charge in [0, 0.05) is 17.3 Å². The number of rotatable bonds is 6. The summed E-state index contributed by atoms with van der Waals surface area (Å²) in [4.78, 5) is 23.7. The van der Waals surface area contributed by atoms with Gasteiger partial charge in [-0.05, 0) is 73.7 Å². The van der Waals surface area contributed by atoms with Crippen LogP contribution in [0.3, 0.4) is 0 Å². The quantitative estimate of drug-likeness (QED) is 0.488. The van der Waals surface area contributed by atoms with Crippen LogP contribution in [-0.4, -0.2) is 18.5 Å². The number of halogens is 1. The van der Waals surface area contributed by atoms with Crippen molar-refractivity contribution in [3.8, 4) is 11.3 Å². The number of hydrogen-bond donors (Lipinski definition) is 1. The van der Waals surface area contributed by atoms with E-state index in [1.165, 1.54) is 24.3 Å². The highest BCUT2D eigenvalue weighted by Crippen LogP contribution is 2.23. The molecule has 28 heavy (non-hydrogen) atoms. The lowest BCUT2D eigenvalue weighted by atomic mass is 10.2. The van der Waals surface area contributed by atoms with Gasteiger partial charge in [0.05, 0.1) is 12.2 Å². The molecule has 0 unspecified atom stereocenters. The Morgan fingerprint density at radius 2 is 1.75 bits per heavy atom. The zero-order valence-electron chi connectivity index (χ0n) is 15.1. The number of carbonyl (C=O) groups excluding carboxylic acids is 2.